The van der Waals surface area contributed by atoms with E-state index in [9.17, 15) is 14.4 Å². The van der Waals surface area contributed by atoms with Gasteiger partial charge in [-0.1, -0.05) is 57.7 Å². The molecular weight excluding hydrogens is 306 g/mol. The lowest BCUT2D eigenvalue weighted by Crippen LogP contribution is -2.38. The maximum absolute atomic E-state index is 12.2. The predicted molar refractivity (Wildman–Crippen MR) is 92.3 cm³/mol. The lowest BCUT2D eigenvalue weighted by molar-refractivity contribution is -0.180. The molecule has 24 heavy (non-hydrogen) atoms. The summed E-state index contributed by atoms with van der Waals surface area (Å²) in [4.78, 5) is 41.5. The molecule has 1 aliphatic heterocycles. The number of hydrogen-bond donors (Lipinski definition) is 0. The van der Waals surface area contributed by atoms with E-state index >= 15 is 0 Å². The van der Waals surface area contributed by atoms with Gasteiger partial charge in [-0.3, -0.25) is 9.59 Å². The van der Waals surface area contributed by atoms with E-state index in [0.29, 0.717) is 5.06 Å². The van der Waals surface area contributed by atoms with Crippen LogP contribution in [0.4, 0.5) is 0 Å². The Bertz CT molecular complexity index is 568. The van der Waals surface area contributed by atoms with Crippen LogP contribution in [0.3, 0.4) is 0 Å². The Hall–Kier alpha value is -2.17. The molecule has 1 aliphatic carbocycles. The monoisotopic (exact) mass is 333 g/mol. The fraction of sp³-hybridized carbons (Fsp3) is 0.526. The molecule has 0 spiro atoms. The van der Waals surface area contributed by atoms with Gasteiger partial charge in [0.05, 0.1) is 16.5 Å². The highest BCUT2D eigenvalue weighted by Gasteiger charge is 2.44. The summed E-state index contributed by atoms with van der Waals surface area (Å²) in [5.74, 6) is -1.63. The number of carbonyl (C=O) groups excluding carboxylic acids is 3. The zero-order valence-corrected chi connectivity index (χ0v) is 15.2. The SMILES string of the molecule is CC.CC.CC1(C(=O)ON2C(=O)c3ccccc3C2=O)CCCC1. The first kappa shape index (κ1) is 19.9. The first-order valence-corrected chi connectivity index (χ1v) is 8.73. The minimum absolute atomic E-state index is 0.280. The van der Waals surface area contributed by atoms with Crippen LogP contribution in [0.15, 0.2) is 24.3 Å². The molecule has 3 rings (SSSR count). The number of hydroxylamine groups is 2. The minimum Gasteiger partial charge on any atom is -0.329 e. The molecule has 0 saturated heterocycles. The molecule has 5 nitrogen and oxygen atoms in total. The fourth-order valence-corrected chi connectivity index (χ4v) is 2.80. The van der Waals surface area contributed by atoms with Gasteiger partial charge in [0.15, 0.2) is 0 Å². The highest BCUT2D eigenvalue weighted by atomic mass is 16.7. The van der Waals surface area contributed by atoms with Crippen molar-refractivity contribution in [2.24, 2.45) is 5.41 Å². The fourth-order valence-electron chi connectivity index (χ4n) is 2.80. The van der Waals surface area contributed by atoms with Crippen molar-refractivity contribution in [1.29, 1.82) is 0 Å². The number of nitrogens with zero attached hydrogens (tertiary/aromatic N) is 1. The first-order valence-electron chi connectivity index (χ1n) is 8.73. The summed E-state index contributed by atoms with van der Waals surface area (Å²) in [5, 5.41) is 0.594. The Morgan fingerprint density at radius 3 is 1.79 bits per heavy atom. The number of fused-ring (bicyclic) bond motifs is 1. The van der Waals surface area contributed by atoms with Crippen LogP contribution in [0.2, 0.25) is 0 Å². The number of amides is 2. The van der Waals surface area contributed by atoms with Crippen LogP contribution < -0.4 is 0 Å². The third-order valence-electron chi connectivity index (χ3n) is 4.13. The molecule has 1 saturated carbocycles. The second-order valence-corrected chi connectivity index (χ2v) is 5.60. The molecule has 1 heterocycles. The lowest BCUT2D eigenvalue weighted by atomic mass is 9.89. The van der Waals surface area contributed by atoms with Gasteiger partial charge in [0.1, 0.15) is 0 Å². The number of rotatable bonds is 2. The average molecular weight is 333 g/mol. The molecule has 2 aliphatic rings. The van der Waals surface area contributed by atoms with Crippen LogP contribution in [0.5, 0.6) is 0 Å². The molecule has 0 N–H and O–H groups in total. The molecule has 0 aromatic heterocycles. The van der Waals surface area contributed by atoms with Crippen molar-refractivity contribution in [2.45, 2.75) is 60.3 Å². The summed E-state index contributed by atoms with van der Waals surface area (Å²) >= 11 is 0. The van der Waals surface area contributed by atoms with Crippen LogP contribution in [-0.2, 0) is 9.63 Å². The topological polar surface area (TPSA) is 63.7 Å². The van der Waals surface area contributed by atoms with Crippen LogP contribution in [0.1, 0.15) is 81.0 Å². The maximum Gasteiger partial charge on any atom is 0.339 e. The van der Waals surface area contributed by atoms with Gasteiger partial charge in [-0.15, -0.1) is 0 Å². The van der Waals surface area contributed by atoms with Gasteiger partial charge in [-0.25, -0.2) is 4.79 Å². The third-order valence-corrected chi connectivity index (χ3v) is 4.13. The van der Waals surface area contributed by atoms with E-state index in [1.165, 1.54) is 0 Å². The lowest BCUT2D eigenvalue weighted by Gasteiger charge is -2.23. The highest BCUT2D eigenvalue weighted by Crippen LogP contribution is 2.39. The van der Waals surface area contributed by atoms with Crippen LogP contribution in [0.25, 0.3) is 0 Å². The van der Waals surface area contributed by atoms with Gasteiger partial charge in [0.2, 0.25) is 0 Å². The largest absolute Gasteiger partial charge is 0.339 e. The van der Waals surface area contributed by atoms with E-state index in [1.54, 1.807) is 24.3 Å². The van der Waals surface area contributed by atoms with E-state index in [4.69, 9.17) is 4.84 Å². The molecule has 0 atom stereocenters. The Morgan fingerprint density at radius 1 is 0.958 bits per heavy atom. The van der Waals surface area contributed by atoms with E-state index in [2.05, 4.69) is 0 Å². The summed E-state index contributed by atoms with van der Waals surface area (Å²) in [5.41, 5.74) is -0.0289. The molecule has 2 amide bonds. The minimum atomic E-state index is -0.588. The Labute approximate surface area is 143 Å². The van der Waals surface area contributed by atoms with E-state index in [0.717, 1.165) is 25.7 Å². The molecular formula is C19H27NO4. The van der Waals surface area contributed by atoms with Crippen molar-refractivity contribution >= 4 is 17.8 Å². The molecule has 5 heteroatoms. The van der Waals surface area contributed by atoms with Crippen molar-refractivity contribution < 1.29 is 19.2 Å². The number of benzene rings is 1. The van der Waals surface area contributed by atoms with E-state index in [-0.39, 0.29) is 11.1 Å². The normalized spacial score (nSPS) is 17.3. The standard InChI is InChI=1S/C15H15NO4.2C2H6/c1-15(8-4-5-9-15)14(19)20-16-12(17)10-6-2-3-7-11(10)13(16)18;2*1-2/h2-3,6-7H,4-5,8-9H2,1H3;2*1-2H3. The highest BCUT2D eigenvalue weighted by molar-refractivity contribution is 6.20. The van der Waals surface area contributed by atoms with Crippen molar-refractivity contribution in [3.63, 3.8) is 0 Å². The quantitative estimate of drug-likeness (QED) is 0.754. The summed E-state index contributed by atoms with van der Waals surface area (Å²) < 4.78 is 0. The molecule has 1 aromatic carbocycles. The van der Waals surface area contributed by atoms with Gasteiger partial charge in [-0.05, 0) is 31.9 Å². The van der Waals surface area contributed by atoms with Gasteiger partial charge in [-0.2, -0.15) is 0 Å². The molecule has 0 bridgehead atoms. The smallest absolute Gasteiger partial charge is 0.329 e. The Balaban J connectivity index is 0.000000671. The van der Waals surface area contributed by atoms with Crippen molar-refractivity contribution in [2.75, 3.05) is 0 Å². The molecule has 0 unspecified atom stereocenters. The van der Waals surface area contributed by atoms with Gasteiger partial charge in [0, 0.05) is 0 Å². The van der Waals surface area contributed by atoms with Crippen molar-refractivity contribution in [1.82, 2.24) is 5.06 Å². The summed E-state index contributed by atoms with van der Waals surface area (Å²) in [7, 11) is 0. The second kappa shape index (κ2) is 8.62. The molecule has 1 fully saturated rings. The Morgan fingerprint density at radius 2 is 1.38 bits per heavy atom. The third kappa shape index (κ3) is 3.66. The van der Waals surface area contributed by atoms with E-state index in [1.807, 2.05) is 34.6 Å². The number of carbonyl (C=O) groups is 3. The van der Waals surface area contributed by atoms with Crippen LogP contribution >= 0.6 is 0 Å². The van der Waals surface area contributed by atoms with Crippen LogP contribution in [-0.4, -0.2) is 22.8 Å². The van der Waals surface area contributed by atoms with Crippen molar-refractivity contribution in [3.05, 3.63) is 35.4 Å². The number of hydrogen-bond acceptors (Lipinski definition) is 4. The summed E-state index contributed by atoms with van der Waals surface area (Å²) in [6, 6.07) is 6.46. The molecule has 1 aromatic rings. The average Bonchev–Trinajstić information content (AvgIpc) is 3.18. The van der Waals surface area contributed by atoms with Gasteiger partial charge >= 0.3 is 5.97 Å². The van der Waals surface area contributed by atoms with Crippen molar-refractivity contribution in [3.8, 4) is 0 Å². The Kier molecular flexibility index (Phi) is 7.14. The molecule has 0 radical (unpaired) electrons. The summed E-state index contributed by atoms with van der Waals surface area (Å²) in [6.45, 7) is 9.82. The van der Waals surface area contributed by atoms with E-state index < -0.39 is 23.2 Å². The first-order chi connectivity index (χ1) is 11.5. The molecule has 132 valence electrons. The zero-order chi connectivity index (χ0) is 18.3. The summed E-state index contributed by atoms with van der Waals surface area (Å²) in [6.07, 6.45) is 3.39. The van der Waals surface area contributed by atoms with Gasteiger partial charge < -0.3 is 4.84 Å². The number of imide groups is 1. The van der Waals surface area contributed by atoms with Crippen LogP contribution in [0, 0.1) is 5.41 Å². The predicted octanol–water partition coefficient (Wildman–Crippen LogP) is 4.37. The maximum atomic E-state index is 12.2. The zero-order valence-electron chi connectivity index (χ0n) is 15.2. The second-order valence-electron chi connectivity index (χ2n) is 5.60. The van der Waals surface area contributed by atoms with Gasteiger partial charge in [0.25, 0.3) is 11.8 Å².